The van der Waals surface area contributed by atoms with Crippen LogP contribution in [0.5, 0.6) is 0 Å². The Morgan fingerprint density at radius 3 is 3.20 bits per heavy atom. The van der Waals surface area contributed by atoms with Crippen molar-refractivity contribution in [1.29, 1.82) is 0 Å². The van der Waals surface area contributed by atoms with Gasteiger partial charge in [-0.15, -0.1) is 27.8 Å². The predicted octanol–water partition coefficient (Wildman–Crippen LogP) is 2.45. The number of thiazole rings is 1. The smallest absolute Gasteiger partial charge is 0.273 e. The molecule has 1 amide bonds. The first kappa shape index (κ1) is 15.2. The molecule has 0 bridgehead atoms. The van der Waals surface area contributed by atoms with Crippen LogP contribution in [0.25, 0.3) is 9.88 Å². The summed E-state index contributed by atoms with van der Waals surface area (Å²) in [7, 11) is 0. The maximum Gasteiger partial charge on any atom is 0.273 e. The van der Waals surface area contributed by atoms with Crippen molar-refractivity contribution in [1.82, 2.24) is 24.9 Å². The van der Waals surface area contributed by atoms with E-state index in [9.17, 15) is 4.79 Å². The van der Waals surface area contributed by atoms with Gasteiger partial charge in [0.1, 0.15) is 10.7 Å². The summed E-state index contributed by atoms with van der Waals surface area (Å²) in [5, 5.41) is 12.9. The number of hydrogen-bond acceptors (Lipinski definition) is 7. The van der Waals surface area contributed by atoms with Crippen LogP contribution in [-0.4, -0.2) is 50.0 Å². The van der Waals surface area contributed by atoms with Crippen LogP contribution < -0.4 is 0 Å². The molecule has 0 spiro atoms. The molecule has 0 radical (unpaired) electrons. The molecule has 5 rings (SSSR count). The van der Waals surface area contributed by atoms with Crippen molar-refractivity contribution >= 4 is 28.6 Å². The zero-order valence-corrected chi connectivity index (χ0v) is 14.9. The molecule has 2 aliphatic rings. The number of rotatable bonds is 2. The molecule has 5 heterocycles. The summed E-state index contributed by atoms with van der Waals surface area (Å²) in [6.07, 6.45) is 2.62. The number of aromatic nitrogens is 4. The zero-order chi connectivity index (χ0) is 16.8. The molecule has 0 unspecified atom stereocenters. The fourth-order valence-electron chi connectivity index (χ4n) is 3.41. The topological polar surface area (TPSA) is 73.1 Å². The van der Waals surface area contributed by atoms with Gasteiger partial charge in [-0.2, -0.15) is 0 Å². The van der Waals surface area contributed by atoms with E-state index < -0.39 is 0 Å². The third kappa shape index (κ3) is 2.59. The maximum absolute atomic E-state index is 12.9. The van der Waals surface area contributed by atoms with E-state index in [2.05, 4.69) is 15.3 Å². The van der Waals surface area contributed by atoms with Gasteiger partial charge >= 0.3 is 0 Å². The van der Waals surface area contributed by atoms with E-state index in [0.29, 0.717) is 25.4 Å². The number of thiophene rings is 1. The Morgan fingerprint density at radius 1 is 1.36 bits per heavy atom. The molecule has 1 fully saturated rings. The average Bonchev–Trinajstić information content (AvgIpc) is 3.41. The molecule has 2 atom stereocenters. The molecule has 0 aliphatic carbocycles. The highest BCUT2D eigenvalue weighted by Crippen LogP contribution is 2.32. The molecule has 0 aromatic carbocycles. The molecule has 128 valence electrons. The highest BCUT2D eigenvalue weighted by atomic mass is 32.1. The number of hydrogen-bond donors (Lipinski definition) is 0. The summed E-state index contributed by atoms with van der Waals surface area (Å²) in [6, 6.07) is 4.04. The second-order valence-electron chi connectivity index (χ2n) is 6.14. The lowest BCUT2D eigenvalue weighted by Crippen LogP contribution is -2.50. The number of carbonyl (C=O) groups is 1. The number of amides is 1. The number of ether oxygens (including phenoxy) is 1. The summed E-state index contributed by atoms with van der Waals surface area (Å²) >= 11 is 3.14. The van der Waals surface area contributed by atoms with Crippen molar-refractivity contribution in [2.45, 2.75) is 25.2 Å². The van der Waals surface area contributed by atoms with E-state index in [1.807, 2.05) is 32.5 Å². The Labute approximate surface area is 151 Å². The fourth-order valence-corrected chi connectivity index (χ4v) is 5.02. The summed E-state index contributed by atoms with van der Waals surface area (Å²) < 4.78 is 7.81. The van der Waals surface area contributed by atoms with Gasteiger partial charge in [0.05, 0.1) is 35.5 Å². The number of carbonyl (C=O) groups excluding carboxylic acids is 1. The van der Waals surface area contributed by atoms with Crippen molar-refractivity contribution in [3.05, 3.63) is 40.5 Å². The van der Waals surface area contributed by atoms with Crippen molar-refractivity contribution in [2.75, 3.05) is 13.1 Å². The quantitative estimate of drug-likeness (QED) is 0.690. The Morgan fingerprint density at radius 2 is 2.32 bits per heavy atom. The molecule has 3 aromatic heterocycles. The van der Waals surface area contributed by atoms with Gasteiger partial charge in [0.15, 0.2) is 0 Å². The number of nitrogens with zero attached hydrogens (tertiary/aromatic N) is 5. The van der Waals surface area contributed by atoms with Crippen molar-refractivity contribution in [3.8, 4) is 9.88 Å². The average molecular weight is 373 g/mol. The summed E-state index contributed by atoms with van der Waals surface area (Å²) in [6.45, 7) is 1.79. The number of fused-ring (bicyclic) bond motifs is 3. The highest BCUT2D eigenvalue weighted by molar-refractivity contribution is 7.20. The maximum atomic E-state index is 12.9. The highest BCUT2D eigenvalue weighted by Gasteiger charge is 2.38. The van der Waals surface area contributed by atoms with Crippen LogP contribution >= 0.6 is 22.7 Å². The van der Waals surface area contributed by atoms with E-state index in [1.165, 1.54) is 11.3 Å². The van der Waals surface area contributed by atoms with Crippen molar-refractivity contribution in [3.63, 3.8) is 0 Å². The second-order valence-corrected chi connectivity index (χ2v) is 7.95. The van der Waals surface area contributed by atoms with Gasteiger partial charge in [0.25, 0.3) is 5.91 Å². The van der Waals surface area contributed by atoms with Crippen molar-refractivity contribution < 1.29 is 9.53 Å². The standard InChI is InChI=1S/C16H15N5O2S2/c22-16(11-9-25-15(18-11)14-2-1-5-24-14)20-4-3-13-12(7-20)21-10(8-23-13)6-17-19-21/h1-2,5-6,9,12-13H,3-4,7-8H2/t12-,13-/m0/s1. The van der Waals surface area contributed by atoms with Crippen LogP contribution in [0.15, 0.2) is 29.1 Å². The molecule has 9 heteroatoms. The molecule has 1 saturated heterocycles. The minimum absolute atomic E-state index is 0.0234. The van der Waals surface area contributed by atoms with E-state index in [1.54, 1.807) is 17.5 Å². The molecule has 2 aliphatic heterocycles. The molecule has 0 saturated carbocycles. The van der Waals surface area contributed by atoms with Gasteiger partial charge in [-0.1, -0.05) is 11.3 Å². The Balaban J connectivity index is 1.37. The molecule has 0 N–H and O–H groups in total. The first-order valence-corrected chi connectivity index (χ1v) is 9.85. The van der Waals surface area contributed by atoms with Crippen LogP contribution in [0.4, 0.5) is 0 Å². The van der Waals surface area contributed by atoms with Crippen LogP contribution in [0.3, 0.4) is 0 Å². The Kier molecular flexibility index (Phi) is 3.65. The first-order valence-electron chi connectivity index (χ1n) is 8.09. The van der Waals surface area contributed by atoms with Gasteiger partial charge in [-0.3, -0.25) is 4.79 Å². The predicted molar refractivity (Wildman–Crippen MR) is 93.6 cm³/mol. The van der Waals surface area contributed by atoms with E-state index in [0.717, 1.165) is 22.0 Å². The largest absolute Gasteiger partial charge is 0.370 e. The number of piperidine rings is 1. The molecular weight excluding hydrogens is 358 g/mol. The van der Waals surface area contributed by atoms with Gasteiger partial charge in [0, 0.05) is 18.5 Å². The monoisotopic (exact) mass is 373 g/mol. The first-order chi connectivity index (χ1) is 12.3. The van der Waals surface area contributed by atoms with Crippen LogP contribution in [0.2, 0.25) is 0 Å². The SMILES string of the molecule is O=C(c1csc(-c2cccs2)n1)N1CC[C@@H]2OCc3cnnn3[C@H]2C1. The molecule has 7 nitrogen and oxygen atoms in total. The molecule has 3 aromatic rings. The minimum Gasteiger partial charge on any atom is -0.370 e. The Bertz CT molecular complexity index is 903. The lowest BCUT2D eigenvalue weighted by molar-refractivity contribution is -0.0605. The van der Waals surface area contributed by atoms with Gasteiger partial charge in [-0.25, -0.2) is 9.67 Å². The van der Waals surface area contributed by atoms with E-state index in [-0.39, 0.29) is 18.1 Å². The van der Waals surface area contributed by atoms with Gasteiger partial charge < -0.3 is 9.64 Å². The van der Waals surface area contributed by atoms with Gasteiger partial charge in [0.2, 0.25) is 0 Å². The fraction of sp³-hybridized carbons (Fsp3) is 0.375. The number of likely N-dealkylation sites (tertiary alicyclic amines) is 1. The minimum atomic E-state index is -0.0234. The summed E-state index contributed by atoms with van der Waals surface area (Å²) in [5.41, 5.74) is 1.48. The third-order valence-electron chi connectivity index (χ3n) is 4.67. The van der Waals surface area contributed by atoms with Crippen LogP contribution in [0, 0.1) is 0 Å². The van der Waals surface area contributed by atoms with Crippen LogP contribution in [0.1, 0.15) is 28.6 Å². The second kappa shape index (κ2) is 6.01. The summed E-state index contributed by atoms with van der Waals surface area (Å²) in [4.78, 5) is 20.4. The lowest BCUT2D eigenvalue weighted by atomic mass is 10.00. The van der Waals surface area contributed by atoms with Gasteiger partial charge in [-0.05, 0) is 17.9 Å². The van der Waals surface area contributed by atoms with Crippen molar-refractivity contribution in [2.24, 2.45) is 0 Å². The van der Waals surface area contributed by atoms with E-state index >= 15 is 0 Å². The summed E-state index contributed by atoms with van der Waals surface area (Å²) in [5.74, 6) is -0.0234. The molecule has 25 heavy (non-hydrogen) atoms. The Hall–Kier alpha value is -2.10. The normalized spacial score (nSPS) is 22.5. The van der Waals surface area contributed by atoms with Crippen LogP contribution in [-0.2, 0) is 11.3 Å². The molecular formula is C16H15N5O2S2. The zero-order valence-electron chi connectivity index (χ0n) is 13.2. The van der Waals surface area contributed by atoms with E-state index in [4.69, 9.17) is 4.74 Å². The lowest BCUT2D eigenvalue weighted by Gasteiger charge is -2.40. The third-order valence-corrected chi connectivity index (χ3v) is 6.55.